The molecule has 7 rings (SSSR count). The predicted octanol–water partition coefficient (Wildman–Crippen LogP) is 3.68. The zero-order valence-corrected chi connectivity index (χ0v) is 20.5. The van der Waals surface area contributed by atoms with Gasteiger partial charge in [-0.1, -0.05) is 6.07 Å². The molecule has 1 aromatic carbocycles. The predicted molar refractivity (Wildman–Crippen MR) is 141 cm³/mol. The number of aromatic nitrogens is 5. The fourth-order valence-corrected chi connectivity index (χ4v) is 5.04. The molecule has 1 N–H and O–H groups in total. The Morgan fingerprint density at radius 1 is 0.917 bits per heavy atom. The molecule has 36 heavy (non-hydrogen) atoms. The number of hydrogen-bond donors (Lipinski definition) is 1. The third-order valence-electron chi connectivity index (χ3n) is 7.48. The molecule has 1 saturated heterocycles. The topological polar surface area (TPSA) is 84.1 Å². The summed E-state index contributed by atoms with van der Waals surface area (Å²) in [5, 5.41) is 3.86. The normalized spacial score (nSPS) is 18.6. The lowest BCUT2D eigenvalue weighted by atomic mass is 10.2. The van der Waals surface area contributed by atoms with E-state index in [0.717, 1.165) is 56.2 Å². The van der Waals surface area contributed by atoms with Gasteiger partial charge < -0.3 is 15.1 Å². The second-order valence-electron chi connectivity index (χ2n) is 10.3. The minimum absolute atomic E-state index is 0.0470. The number of benzene rings is 1. The first-order chi connectivity index (χ1) is 17.6. The average molecular weight is 483 g/mol. The number of rotatable bonds is 6. The molecule has 2 saturated carbocycles. The van der Waals surface area contributed by atoms with Crippen molar-refractivity contribution in [2.24, 2.45) is 0 Å². The van der Waals surface area contributed by atoms with Crippen molar-refractivity contribution in [1.82, 2.24) is 29.2 Å². The molecular weight excluding hydrogens is 452 g/mol. The van der Waals surface area contributed by atoms with Crippen LogP contribution in [0.5, 0.6) is 0 Å². The molecule has 3 aromatic heterocycles. The van der Waals surface area contributed by atoms with Crippen LogP contribution in [-0.4, -0.2) is 62.4 Å². The van der Waals surface area contributed by atoms with E-state index in [-0.39, 0.29) is 11.6 Å². The third kappa shape index (κ3) is 3.93. The molecule has 4 aromatic rings. The molecule has 4 heterocycles. The lowest BCUT2D eigenvalue weighted by molar-refractivity contribution is 0.313. The van der Waals surface area contributed by atoms with E-state index in [1.165, 1.54) is 18.5 Å². The largest absolute Gasteiger partial charge is 0.369 e. The first-order valence-corrected chi connectivity index (χ1v) is 12.9. The van der Waals surface area contributed by atoms with Gasteiger partial charge in [-0.05, 0) is 69.1 Å². The Bertz CT molecular complexity index is 1470. The molecule has 3 fully saturated rings. The van der Waals surface area contributed by atoms with E-state index >= 15 is 0 Å². The third-order valence-corrected chi connectivity index (χ3v) is 7.48. The molecule has 3 aliphatic rings. The van der Waals surface area contributed by atoms with Crippen LogP contribution >= 0.6 is 0 Å². The molecular formula is C27H30N8O. The van der Waals surface area contributed by atoms with Crippen molar-refractivity contribution in [2.45, 2.75) is 37.6 Å². The summed E-state index contributed by atoms with van der Waals surface area (Å²) in [4.78, 5) is 32.3. The smallest absolute Gasteiger partial charge is 0.278 e. The first-order valence-electron chi connectivity index (χ1n) is 12.9. The number of piperazine rings is 1. The summed E-state index contributed by atoms with van der Waals surface area (Å²) in [5.74, 6) is 1.75. The molecule has 9 heteroatoms. The molecule has 0 amide bonds. The molecule has 0 atom stereocenters. The Morgan fingerprint density at radius 2 is 1.69 bits per heavy atom. The molecule has 9 nitrogen and oxygen atoms in total. The van der Waals surface area contributed by atoms with Crippen molar-refractivity contribution < 1.29 is 0 Å². The fourth-order valence-electron chi connectivity index (χ4n) is 5.04. The van der Waals surface area contributed by atoms with E-state index in [0.29, 0.717) is 22.9 Å². The van der Waals surface area contributed by atoms with Gasteiger partial charge in [-0.3, -0.25) is 4.79 Å². The second kappa shape index (κ2) is 8.44. The summed E-state index contributed by atoms with van der Waals surface area (Å²) in [6.07, 6.45) is 6.00. The van der Waals surface area contributed by atoms with Crippen LogP contribution in [0.3, 0.4) is 0 Å². The first kappa shape index (κ1) is 21.6. The van der Waals surface area contributed by atoms with Crippen molar-refractivity contribution in [3.63, 3.8) is 0 Å². The Kier molecular flexibility index (Phi) is 5.06. The van der Waals surface area contributed by atoms with Crippen molar-refractivity contribution in [1.29, 1.82) is 0 Å². The van der Waals surface area contributed by atoms with E-state index in [9.17, 15) is 4.79 Å². The Hall–Kier alpha value is -3.72. The van der Waals surface area contributed by atoms with Crippen LogP contribution in [0.25, 0.3) is 16.9 Å². The number of fused-ring (bicyclic) bond motifs is 1. The summed E-state index contributed by atoms with van der Waals surface area (Å²) >= 11 is 0. The van der Waals surface area contributed by atoms with E-state index in [1.807, 2.05) is 21.5 Å². The Labute approximate surface area is 209 Å². The molecule has 0 unspecified atom stereocenters. The van der Waals surface area contributed by atoms with E-state index in [2.05, 4.69) is 57.5 Å². The van der Waals surface area contributed by atoms with Gasteiger partial charge in [-0.25, -0.2) is 19.3 Å². The number of nitrogens with zero attached hydrogens (tertiary/aromatic N) is 7. The van der Waals surface area contributed by atoms with E-state index in [1.54, 1.807) is 6.20 Å². The molecule has 0 spiro atoms. The van der Waals surface area contributed by atoms with Crippen molar-refractivity contribution in [3.8, 4) is 5.82 Å². The summed E-state index contributed by atoms with van der Waals surface area (Å²) in [6, 6.07) is 14.7. The van der Waals surface area contributed by atoms with Crippen LogP contribution in [0.2, 0.25) is 0 Å². The number of nitrogens with one attached hydrogen (secondary N) is 1. The van der Waals surface area contributed by atoms with Gasteiger partial charge in [0.25, 0.3) is 5.56 Å². The van der Waals surface area contributed by atoms with Crippen LogP contribution in [-0.2, 0) is 0 Å². The molecule has 0 bridgehead atoms. The SMILES string of the molecule is CN1CCN(c2ccc(Nc3ncc4c(=O)n(C5CC5)n(-c5cccc(C6CC6)n5)c4n3)cc2)CC1. The maximum atomic E-state index is 13.3. The van der Waals surface area contributed by atoms with Gasteiger partial charge in [-0.2, -0.15) is 4.98 Å². The quantitative estimate of drug-likeness (QED) is 0.449. The zero-order chi connectivity index (χ0) is 24.2. The lowest BCUT2D eigenvalue weighted by Gasteiger charge is -2.34. The van der Waals surface area contributed by atoms with Crippen LogP contribution in [0.4, 0.5) is 17.3 Å². The highest BCUT2D eigenvalue weighted by molar-refractivity contribution is 5.77. The van der Waals surface area contributed by atoms with Gasteiger partial charge in [0.2, 0.25) is 5.95 Å². The molecule has 184 valence electrons. The van der Waals surface area contributed by atoms with Crippen molar-refractivity contribution >= 4 is 28.4 Å². The highest BCUT2D eigenvalue weighted by Crippen LogP contribution is 2.40. The van der Waals surface area contributed by atoms with Crippen LogP contribution in [0, 0.1) is 0 Å². The summed E-state index contributed by atoms with van der Waals surface area (Å²) in [6.45, 7) is 4.23. The zero-order valence-electron chi connectivity index (χ0n) is 20.5. The molecule has 0 radical (unpaired) electrons. The highest BCUT2D eigenvalue weighted by Gasteiger charge is 2.32. The van der Waals surface area contributed by atoms with Gasteiger partial charge in [0, 0.05) is 55.4 Å². The van der Waals surface area contributed by atoms with Crippen LogP contribution in [0.1, 0.15) is 43.3 Å². The maximum Gasteiger partial charge on any atom is 0.278 e. The number of hydrogen-bond acceptors (Lipinski definition) is 7. The van der Waals surface area contributed by atoms with Crippen molar-refractivity contribution in [2.75, 3.05) is 43.4 Å². The number of likely N-dealkylation sites (N-methyl/N-ethyl adjacent to an activating group) is 1. The summed E-state index contributed by atoms with van der Waals surface area (Å²) < 4.78 is 3.73. The van der Waals surface area contributed by atoms with Gasteiger partial charge in [-0.15, -0.1) is 0 Å². The van der Waals surface area contributed by atoms with Crippen LogP contribution < -0.4 is 15.8 Å². The standard InChI is InChI=1S/C27H30N8O/c1-32-13-15-33(16-14-32)20-9-7-19(8-10-20)29-27-28-17-22-25(31-27)35(34(26(22)36)21-11-12-21)24-4-2-3-23(30-24)18-5-6-18/h2-4,7-10,17-18,21H,5-6,11-16H2,1H3,(H,28,29,31). The van der Waals surface area contributed by atoms with Gasteiger partial charge in [0.15, 0.2) is 11.5 Å². The molecule has 1 aliphatic heterocycles. The lowest BCUT2D eigenvalue weighted by Crippen LogP contribution is -2.44. The number of anilines is 3. The van der Waals surface area contributed by atoms with Crippen molar-refractivity contribution in [3.05, 3.63) is 64.7 Å². The second-order valence-corrected chi connectivity index (χ2v) is 10.3. The number of pyridine rings is 1. The minimum atomic E-state index is -0.0470. The average Bonchev–Trinajstić information content (AvgIpc) is 3.83. The Morgan fingerprint density at radius 3 is 2.42 bits per heavy atom. The van der Waals surface area contributed by atoms with Gasteiger partial charge in [0.1, 0.15) is 5.39 Å². The summed E-state index contributed by atoms with van der Waals surface area (Å²) in [5.41, 5.74) is 3.78. The molecule has 2 aliphatic carbocycles. The van der Waals surface area contributed by atoms with Gasteiger partial charge in [0.05, 0.1) is 6.04 Å². The highest BCUT2D eigenvalue weighted by atomic mass is 16.1. The Balaban J connectivity index is 1.22. The van der Waals surface area contributed by atoms with Crippen LogP contribution in [0.15, 0.2) is 53.5 Å². The maximum absolute atomic E-state index is 13.3. The van der Waals surface area contributed by atoms with E-state index in [4.69, 9.17) is 9.97 Å². The van der Waals surface area contributed by atoms with Gasteiger partial charge >= 0.3 is 0 Å². The van der Waals surface area contributed by atoms with E-state index < -0.39 is 0 Å². The summed E-state index contributed by atoms with van der Waals surface area (Å²) in [7, 11) is 2.17. The monoisotopic (exact) mass is 482 g/mol. The fraction of sp³-hybridized carbons (Fsp3) is 0.407. The minimum Gasteiger partial charge on any atom is -0.369 e.